The summed E-state index contributed by atoms with van der Waals surface area (Å²) in [6, 6.07) is 11.0. The lowest BCUT2D eigenvalue weighted by atomic mass is 10.0. The molecule has 0 amide bonds. The van der Waals surface area contributed by atoms with Crippen molar-refractivity contribution in [2.24, 2.45) is 0 Å². The van der Waals surface area contributed by atoms with Gasteiger partial charge in [-0.2, -0.15) is 13.5 Å². The molecule has 1 aromatic heterocycles. The third-order valence-corrected chi connectivity index (χ3v) is 6.04. The lowest BCUT2D eigenvalue weighted by Crippen LogP contribution is -2.24. The molecule has 0 spiro atoms. The van der Waals surface area contributed by atoms with E-state index in [9.17, 15) is 17.6 Å². The van der Waals surface area contributed by atoms with E-state index in [1.165, 1.54) is 48.5 Å². The van der Waals surface area contributed by atoms with E-state index in [2.05, 4.69) is 5.10 Å². The van der Waals surface area contributed by atoms with Crippen LogP contribution in [0.4, 0.5) is 4.39 Å². The molecular weight excluding hydrogens is 407 g/mol. The van der Waals surface area contributed by atoms with E-state index < -0.39 is 15.9 Å². The van der Waals surface area contributed by atoms with Gasteiger partial charge >= 0.3 is 10.1 Å². The molecule has 0 aliphatic heterocycles. The summed E-state index contributed by atoms with van der Waals surface area (Å²) < 4.78 is 45.7. The Labute approximate surface area is 175 Å². The van der Waals surface area contributed by atoms with Crippen molar-refractivity contribution in [1.29, 1.82) is 0 Å². The molecule has 0 atom stereocenters. The van der Waals surface area contributed by atoms with Gasteiger partial charge in [-0.25, -0.2) is 4.39 Å². The van der Waals surface area contributed by atoms with Crippen LogP contribution in [0.1, 0.15) is 48.1 Å². The van der Waals surface area contributed by atoms with Gasteiger partial charge in [-0.1, -0.05) is 0 Å². The normalized spacial score (nSPS) is 12.1. The van der Waals surface area contributed by atoms with Gasteiger partial charge in [-0.3, -0.25) is 9.48 Å². The van der Waals surface area contributed by atoms with Crippen LogP contribution in [0.25, 0.3) is 0 Å². The largest absolute Gasteiger partial charge is 0.379 e. The van der Waals surface area contributed by atoms with Gasteiger partial charge < -0.3 is 4.18 Å². The number of carbonyl (C=O) groups is 1. The zero-order valence-electron chi connectivity index (χ0n) is 17.4. The first kappa shape index (κ1) is 21.7. The molecule has 0 aliphatic carbocycles. The number of rotatable bonds is 5. The molecule has 158 valence electrons. The Balaban J connectivity index is 1.86. The predicted molar refractivity (Wildman–Crippen MR) is 111 cm³/mol. The molecule has 1 heterocycles. The second-order valence-corrected chi connectivity index (χ2v) is 9.46. The molecule has 3 aromatic rings. The maximum absolute atomic E-state index is 13.0. The molecule has 0 aliphatic rings. The summed E-state index contributed by atoms with van der Waals surface area (Å²) in [5.74, 6) is -0.656. The van der Waals surface area contributed by atoms with Crippen molar-refractivity contribution in [2.45, 2.75) is 45.1 Å². The smallest absolute Gasteiger partial charge is 0.342 e. The van der Waals surface area contributed by atoms with E-state index in [1.54, 1.807) is 18.5 Å². The average Bonchev–Trinajstić information content (AvgIpc) is 2.97. The van der Waals surface area contributed by atoms with E-state index in [0.29, 0.717) is 22.5 Å². The van der Waals surface area contributed by atoms with Gasteiger partial charge in [-0.15, -0.1) is 0 Å². The molecule has 0 unspecified atom stereocenters. The van der Waals surface area contributed by atoms with Gasteiger partial charge in [-0.05, 0) is 83.1 Å². The Morgan fingerprint density at radius 1 is 0.967 bits per heavy atom. The molecule has 0 radical (unpaired) electrons. The van der Waals surface area contributed by atoms with Crippen LogP contribution in [-0.2, 0) is 15.7 Å². The summed E-state index contributed by atoms with van der Waals surface area (Å²) >= 11 is 0. The van der Waals surface area contributed by atoms with Gasteiger partial charge in [0.25, 0.3) is 0 Å². The molecule has 30 heavy (non-hydrogen) atoms. The quantitative estimate of drug-likeness (QED) is 0.443. The zero-order valence-corrected chi connectivity index (χ0v) is 18.2. The zero-order chi connectivity index (χ0) is 22.3. The van der Waals surface area contributed by atoms with Crippen LogP contribution >= 0.6 is 0 Å². The van der Waals surface area contributed by atoms with E-state index >= 15 is 0 Å². The van der Waals surface area contributed by atoms with E-state index in [4.69, 9.17) is 4.18 Å². The number of halogens is 1. The van der Waals surface area contributed by atoms with Crippen molar-refractivity contribution in [1.82, 2.24) is 9.78 Å². The lowest BCUT2D eigenvalue weighted by Gasteiger charge is -2.21. The highest BCUT2D eigenvalue weighted by atomic mass is 32.2. The third kappa shape index (κ3) is 4.28. The van der Waals surface area contributed by atoms with Crippen molar-refractivity contribution in [3.8, 4) is 5.75 Å². The van der Waals surface area contributed by atoms with Crippen molar-refractivity contribution in [3.05, 3.63) is 76.9 Å². The summed E-state index contributed by atoms with van der Waals surface area (Å²) in [6.07, 6.45) is 0. The summed E-state index contributed by atoms with van der Waals surface area (Å²) in [6.45, 7) is 9.10. The molecule has 0 saturated heterocycles. The van der Waals surface area contributed by atoms with Crippen LogP contribution in [0, 0.1) is 19.7 Å². The summed E-state index contributed by atoms with van der Waals surface area (Å²) in [5, 5.41) is 4.35. The first-order valence-corrected chi connectivity index (χ1v) is 10.7. The molecule has 3 rings (SSSR count). The fourth-order valence-corrected chi connectivity index (χ4v) is 4.54. The molecule has 0 N–H and O–H groups in total. The van der Waals surface area contributed by atoms with Crippen molar-refractivity contribution in [2.75, 3.05) is 0 Å². The number of carbonyl (C=O) groups excluding carboxylic acids is 1. The Kier molecular flexibility index (Phi) is 5.56. The third-order valence-electron chi connectivity index (χ3n) is 4.54. The molecule has 2 aromatic carbocycles. The molecular formula is C22H23FN2O4S. The topological polar surface area (TPSA) is 78.3 Å². The van der Waals surface area contributed by atoms with Gasteiger partial charge in [0, 0.05) is 11.1 Å². The number of benzene rings is 2. The van der Waals surface area contributed by atoms with Crippen molar-refractivity contribution >= 4 is 15.9 Å². The van der Waals surface area contributed by atoms with Crippen LogP contribution in [0.15, 0.2) is 53.4 Å². The van der Waals surface area contributed by atoms with Crippen LogP contribution in [0.3, 0.4) is 0 Å². The van der Waals surface area contributed by atoms with Gasteiger partial charge in [0.05, 0.1) is 16.9 Å². The standard InChI is InChI=1S/C22H23FN2O4S/c1-14-21(15(2)25(24-14)22(3,4)5)30(27,28)29-19-12-8-17(9-13-19)20(26)16-6-10-18(23)11-7-16/h6-13H,1-5H3. The van der Waals surface area contributed by atoms with E-state index in [0.717, 1.165) is 0 Å². The molecule has 0 bridgehead atoms. The minimum Gasteiger partial charge on any atom is -0.379 e. The van der Waals surface area contributed by atoms with E-state index in [-0.39, 0.29) is 22.0 Å². The molecule has 0 fully saturated rings. The average molecular weight is 431 g/mol. The molecule has 8 heteroatoms. The predicted octanol–water partition coefficient (Wildman–Crippen LogP) is 4.39. The van der Waals surface area contributed by atoms with Crippen molar-refractivity contribution in [3.63, 3.8) is 0 Å². The number of hydrogen-bond donors (Lipinski definition) is 0. The first-order chi connectivity index (χ1) is 13.9. The minimum absolute atomic E-state index is 0.0314. The van der Waals surface area contributed by atoms with Crippen LogP contribution in [0.2, 0.25) is 0 Å². The fraction of sp³-hybridized carbons (Fsp3) is 0.273. The van der Waals surface area contributed by atoms with Crippen molar-refractivity contribution < 1.29 is 21.8 Å². The maximum Gasteiger partial charge on any atom is 0.342 e. The first-order valence-electron chi connectivity index (χ1n) is 9.31. The van der Waals surface area contributed by atoms with Crippen LogP contribution < -0.4 is 4.18 Å². The fourth-order valence-electron chi connectivity index (χ4n) is 3.24. The minimum atomic E-state index is -4.11. The van der Waals surface area contributed by atoms with Crippen LogP contribution in [-0.4, -0.2) is 24.0 Å². The Morgan fingerprint density at radius 2 is 1.47 bits per heavy atom. The highest BCUT2D eigenvalue weighted by molar-refractivity contribution is 7.87. The number of nitrogens with zero attached hydrogens (tertiary/aromatic N) is 2. The number of hydrogen-bond acceptors (Lipinski definition) is 5. The van der Waals surface area contributed by atoms with E-state index in [1.807, 2.05) is 20.8 Å². The summed E-state index contributed by atoms with van der Waals surface area (Å²) in [5.41, 5.74) is 1.12. The Hall–Kier alpha value is -3.00. The summed E-state index contributed by atoms with van der Waals surface area (Å²) in [4.78, 5) is 12.5. The molecule has 6 nitrogen and oxygen atoms in total. The maximum atomic E-state index is 13.0. The number of ketones is 1. The second kappa shape index (κ2) is 7.68. The van der Waals surface area contributed by atoms with Gasteiger partial charge in [0.15, 0.2) is 5.78 Å². The highest BCUT2D eigenvalue weighted by Gasteiger charge is 2.30. The lowest BCUT2D eigenvalue weighted by molar-refractivity contribution is 0.103. The Bertz CT molecular complexity index is 1190. The Morgan fingerprint density at radius 3 is 1.93 bits per heavy atom. The number of aromatic nitrogens is 2. The highest BCUT2D eigenvalue weighted by Crippen LogP contribution is 2.28. The summed E-state index contributed by atoms with van der Waals surface area (Å²) in [7, 11) is -4.11. The SMILES string of the molecule is Cc1nn(C(C)(C)C)c(C)c1S(=O)(=O)Oc1ccc(C(=O)c2ccc(F)cc2)cc1. The van der Waals surface area contributed by atoms with Gasteiger partial charge in [0.1, 0.15) is 16.5 Å². The second-order valence-electron chi connectivity index (χ2n) is 7.98. The van der Waals surface area contributed by atoms with Gasteiger partial charge in [0.2, 0.25) is 0 Å². The molecule has 0 saturated carbocycles. The monoisotopic (exact) mass is 430 g/mol. The van der Waals surface area contributed by atoms with Crippen LogP contribution in [0.5, 0.6) is 5.75 Å². The number of aryl methyl sites for hydroxylation is 1.